The van der Waals surface area contributed by atoms with Crippen molar-refractivity contribution in [1.82, 2.24) is 4.90 Å². The maximum Gasteiger partial charge on any atom is 0.164 e. The van der Waals surface area contributed by atoms with E-state index in [0.29, 0.717) is 12.0 Å². The van der Waals surface area contributed by atoms with Gasteiger partial charge >= 0.3 is 0 Å². The molecule has 2 rings (SSSR count). The summed E-state index contributed by atoms with van der Waals surface area (Å²) in [7, 11) is 0. The molecule has 1 aromatic carbocycles. The van der Waals surface area contributed by atoms with Crippen molar-refractivity contribution in [3.05, 3.63) is 35.6 Å². The third-order valence-electron chi connectivity index (χ3n) is 3.48. The fourth-order valence-electron chi connectivity index (χ4n) is 2.30. The predicted molar refractivity (Wildman–Crippen MR) is 71.8 cm³/mol. The van der Waals surface area contributed by atoms with Gasteiger partial charge in [-0.2, -0.15) is 0 Å². The first-order valence-corrected chi connectivity index (χ1v) is 6.81. The van der Waals surface area contributed by atoms with Crippen molar-refractivity contribution in [3.8, 4) is 0 Å². The highest BCUT2D eigenvalue weighted by atomic mass is 19.1. The highest BCUT2D eigenvalue weighted by Crippen LogP contribution is 2.11. The zero-order valence-electron chi connectivity index (χ0n) is 11.3. The van der Waals surface area contributed by atoms with E-state index < -0.39 is 0 Å². The molecule has 0 saturated carbocycles. The third-order valence-corrected chi connectivity index (χ3v) is 3.48. The van der Waals surface area contributed by atoms with Crippen LogP contribution in [0.5, 0.6) is 0 Å². The first-order valence-electron chi connectivity index (χ1n) is 6.81. The lowest BCUT2D eigenvalue weighted by atomic mass is 10.1. The van der Waals surface area contributed by atoms with E-state index in [1.807, 2.05) is 0 Å². The van der Waals surface area contributed by atoms with Gasteiger partial charge in [0.2, 0.25) is 0 Å². The van der Waals surface area contributed by atoms with Crippen LogP contribution in [-0.2, 0) is 4.74 Å². The van der Waals surface area contributed by atoms with Crippen LogP contribution in [0.3, 0.4) is 0 Å². The summed E-state index contributed by atoms with van der Waals surface area (Å²) >= 11 is 0. The number of carbonyl (C=O) groups excluding carboxylic acids is 1. The second kappa shape index (κ2) is 6.78. The molecule has 1 unspecified atom stereocenters. The summed E-state index contributed by atoms with van der Waals surface area (Å²) in [5, 5.41) is 0. The van der Waals surface area contributed by atoms with Crippen molar-refractivity contribution in [1.29, 1.82) is 0 Å². The molecule has 0 aromatic heterocycles. The van der Waals surface area contributed by atoms with Crippen LogP contribution in [0.4, 0.5) is 4.39 Å². The van der Waals surface area contributed by atoms with Crippen LogP contribution >= 0.6 is 0 Å². The Kier molecular flexibility index (Phi) is 5.05. The summed E-state index contributed by atoms with van der Waals surface area (Å²) in [5.74, 6) is -0.359. The molecule has 0 spiro atoms. The van der Waals surface area contributed by atoms with Gasteiger partial charge < -0.3 is 4.74 Å². The van der Waals surface area contributed by atoms with Crippen LogP contribution in [0.1, 0.15) is 30.1 Å². The number of hydrogen-bond donors (Lipinski definition) is 0. The minimum atomic E-state index is -0.358. The van der Waals surface area contributed by atoms with E-state index in [-0.39, 0.29) is 17.7 Å². The fraction of sp³-hybridized carbons (Fsp3) is 0.533. The molecule has 1 saturated heterocycles. The van der Waals surface area contributed by atoms with Gasteiger partial charge in [0.15, 0.2) is 5.78 Å². The Bertz CT molecular complexity index is 436. The Morgan fingerprint density at radius 3 is 3.11 bits per heavy atom. The third kappa shape index (κ3) is 4.11. The second-order valence-corrected chi connectivity index (χ2v) is 4.89. The minimum absolute atomic E-state index is 0.000889. The smallest absolute Gasteiger partial charge is 0.164 e. The fourth-order valence-corrected chi connectivity index (χ4v) is 2.30. The standard InChI is InChI=1S/C15H20FNO2/c1-2-14-11-17(8-9-19-14)7-6-15(18)12-4-3-5-13(16)10-12/h3-5,10,14H,2,6-9,11H2,1H3. The normalized spacial score (nSPS) is 20.4. The van der Waals surface area contributed by atoms with E-state index in [1.165, 1.54) is 12.1 Å². The van der Waals surface area contributed by atoms with Gasteiger partial charge in [0.25, 0.3) is 0 Å². The number of halogens is 1. The Labute approximate surface area is 113 Å². The molecule has 1 heterocycles. The Balaban J connectivity index is 1.83. The summed E-state index contributed by atoms with van der Waals surface area (Å²) in [5.41, 5.74) is 0.459. The van der Waals surface area contributed by atoms with E-state index in [9.17, 15) is 9.18 Å². The number of morpholine rings is 1. The average molecular weight is 265 g/mol. The lowest BCUT2D eigenvalue weighted by Crippen LogP contribution is -2.42. The molecular weight excluding hydrogens is 245 g/mol. The van der Waals surface area contributed by atoms with Crippen molar-refractivity contribution < 1.29 is 13.9 Å². The van der Waals surface area contributed by atoms with Gasteiger partial charge in [0.1, 0.15) is 5.82 Å². The minimum Gasteiger partial charge on any atom is -0.376 e. The molecule has 0 radical (unpaired) electrons. The van der Waals surface area contributed by atoms with Gasteiger partial charge in [0.05, 0.1) is 12.7 Å². The lowest BCUT2D eigenvalue weighted by molar-refractivity contribution is -0.0293. The Hall–Kier alpha value is -1.26. The molecule has 1 fully saturated rings. The van der Waals surface area contributed by atoms with Crippen LogP contribution in [-0.4, -0.2) is 43.0 Å². The van der Waals surface area contributed by atoms with Gasteiger partial charge in [-0.15, -0.1) is 0 Å². The summed E-state index contributed by atoms with van der Waals surface area (Å²) in [6.07, 6.45) is 1.70. The highest BCUT2D eigenvalue weighted by molar-refractivity contribution is 5.96. The summed E-state index contributed by atoms with van der Waals surface area (Å²) in [6, 6.07) is 5.89. The average Bonchev–Trinajstić information content (AvgIpc) is 2.45. The van der Waals surface area contributed by atoms with Crippen LogP contribution in [0, 0.1) is 5.82 Å². The molecule has 4 heteroatoms. The van der Waals surface area contributed by atoms with Crippen LogP contribution in [0.25, 0.3) is 0 Å². The SMILES string of the molecule is CCC1CN(CCC(=O)c2cccc(F)c2)CCO1. The molecule has 3 nitrogen and oxygen atoms in total. The van der Waals surface area contributed by atoms with Crippen molar-refractivity contribution >= 4 is 5.78 Å². The first-order chi connectivity index (χ1) is 9.19. The maximum absolute atomic E-state index is 13.0. The molecule has 1 aliphatic heterocycles. The largest absolute Gasteiger partial charge is 0.376 e. The summed E-state index contributed by atoms with van der Waals surface area (Å²) < 4.78 is 18.6. The van der Waals surface area contributed by atoms with E-state index in [2.05, 4.69) is 11.8 Å². The molecule has 0 aliphatic carbocycles. The van der Waals surface area contributed by atoms with Crippen LogP contribution in [0.2, 0.25) is 0 Å². The van der Waals surface area contributed by atoms with Crippen LogP contribution in [0.15, 0.2) is 24.3 Å². The number of nitrogens with zero attached hydrogens (tertiary/aromatic N) is 1. The lowest BCUT2D eigenvalue weighted by Gasteiger charge is -2.32. The number of ether oxygens (including phenoxy) is 1. The number of rotatable bonds is 5. The van der Waals surface area contributed by atoms with Crippen molar-refractivity contribution in [2.75, 3.05) is 26.2 Å². The summed E-state index contributed by atoms with van der Waals surface area (Å²) in [4.78, 5) is 14.2. The first kappa shape index (κ1) is 14.2. The van der Waals surface area contributed by atoms with E-state index in [1.54, 1.807) is 12.1 Å². The molecule has 104 valence electrons. The van der Waals surface area contributed by atoms with Crippen LogP contribution < -0.4 is 0 Å². The zero-order chi connectivity index (χ0) is 13.7. The number of hydrogen-bond acceptors (Lipinski definition) is 3. The molecule has 0 bridgehead atoms. The van der Waals surface area contributed by atoms with Gasteiger partial charge in [-0.1, -0.05) is 19.1 Å². The zero-order valence-corrected chi connectivity index (χ0v) is 11.3. The topological polar surface area (TPSA) is 29.5 Å². The van der Waals surface area contributed by atoms with Gasteiger partial charge in [0, 0.05) is 31.6 Å². The highest BCUT2D eigenvalue weighted by Gasteiger charge is 2.19. The number of Topliss-reactive ketones (excluding diaryl/α,β-unsaturated/α-hetero) is 1. The van der Waals surface area contributed by atoms with E-state index >= 15 is 0 Å². The maximum atomic E-state index is 13.0. The van der Waals surface area contributed by atoms with Crippen molar-refractivity contribution in [2.24, 2.45) is 0 Å². The molecule has 0 amide bonds. The van der Waals surface area contributed by atoms with E-state index in [4.69, 9.17) is 4.74 Å². The predicted octanol–water partition coefficient (Wildman–Crippen LogP) is 2.51. The van der Waals surface area contributed by atoms with Crippen molar-refractivity contribution in [2.45, 2.75) is 25.9 Å². The number of carbonyl (C=O) groups is 1. The molecule has 1 aliphatic rings. The molecular formula is C15H20FNO2. The van der Waals surface area contributed by atoms with Gasteiger partial charge in [-0.3, -0.25) is 9.69 Å². The molecule has 1 atom stereocenters. The monoisotopic (exact) mass is 265 g/mol. The Morgan fingerprint density at radius 1 is 1.53 bits per heavy atom. The molecule has 1 aromatic rings. The Morgan fingerprint density at radius 2 is 2.37 bits per heavy atom. The number of ketones is 1. The van der Waals surface area contributed by atoms with Gasteiger partial charge in [-0.05, 0) is 18.6 Å². The number of benzene rings is 1. The van der Waals surface area contributed by atoms with Crippen molar-refractivity contribution in [3.63, 3.8) is 0 Å². The molecule has 19 heavy (non-hydrogen) atoms. The summed E-state index contributed by atoms with van der Waals surface area (Å²) in [6.45, 7) is 5.30. The van der Waals surface area contributed by atoms with E-state index in [0.717, 1.165) is 32.7 Å². The second-order valence-electron chi connectivity index (χ2n) is 4.89. The molecule has 0 N–H and O–H groups in total. The quantitative estimate of drug-likeness (QED) is 0.766. The van der Waals surface area contributed by atoms with Gasteiger partial charge in [-0.25, -0.2) is 4.39 Å².